The van der Waals surface area contributed by atoms with Gasteiger partial charge >= 0.3 is 0 Å². The molecule has 0 saturated heterocycles. The van der Waals surface area contributed by atoms with Gasteiger partial charge in [0.05, 0.1) is 10.9 Å². The lowest BCUT2D eigenvalue weighted by molar-refractivity contribution is -0.255. The number of halogens is 1. The van der Waals surface area contributed by atoms with E-state index in [0.29, 0.717) is 0 Å². The Morgan fingerprint density at radius 3 is 1.93 bits per heavy atom. The maximum absolute atomic E-state index is 12.9. The van der Waals surface area contributed by atoms with Crippen molar-refractivity contribution in [2.75, 3.05) is 10.0 Å². The van der Waals surface area contributed by atoms with Crippen LogP contribution < -0.4 is 15.1 Å². The zero-order valence-corrected chi connectivity index (χ0v) is 15.6. The number of sulfonamides is 1. The summed E-state index contributed by atoms with van der Waals surface area (Å²) in [7, 11) is -3.91. The predicted octanol–water partition coefficient (Wildman–Crippen LogP) is 2.24. The fourth-order valence-electron chi connectivity index (χ4n) is 2.51. The second-order valence-corrected chi connectivity index (χ2v) is 7.61. The third-order valence-corrected chi connectivity index (χ3v) is 5.31. The molecule has 0 fully saturated rings. The minimum Gasteiger partial charge on any atom is -0.545 e. The Labute approximate surface area is 165 Å². The molecule has 0 heterocycles. The minimum absolute atomic E-state index is 0.0741. The van der Waals surface area contributed by atoms with Gasteiger partial charge in [-0.3, -0.25) is 9.52 Å². The van der Waals surface area contributed by atoms with Crippen LogP contribution in [0.15, 0.2) is 77.7 Å². The molecular weight excluding hydrogens is 399 g/mol. The summed E-state index contributed by atoms with van der Waals surface area (Å²) >= 11 is 0. The number of rotatable bonds is 6. The predicted molar refractivity (Wildman–Crippen MR) is 102 cm³/mol. The Morgan fingerprint density at radius 2 is 1.34 bits per heavy atom. The molecule has 148 valence electrons. The average Bonchev–Trinajstić information content (AvgIpc) is 2.70. The summed E-state index contributed by atoms with van der Waals surface area (Å²) in [6.07, 6.45) is 0. The van der Waals surface area contributed by atoms with E-state index in [0.717, 1.165) is 12.1 Å². The van der Waals surface area contributed by atoms with E-state index in [9.17, 15) is 27.5 Å². The number of carbonyl (C=O) groups excluding carboxylic acids is 2. The van der Waals surface area contributed by atoms with Crippen molar-refractivity contribution < 1.29 is 27.5 Å². The topological polar surface area (TPSA) is 115 Å². The smallest absolute Gasteiger partial charge is 0.261 e. The van der Waals surface area contributed by atoms with Crippen molar-refractivity contribution in [1.82, 2.24) is 0 Å². The van der Waals surface area contributed by atoms with Crippen molar-refractivity contribution in [3.8, 4) is 0 Å². The molecule has 0 aliphatic rings. The number of carboxylic acid groups (broad SMARTS) is 1. The van der Waals surface area contributed by atoms with Crippen molar-refractivity contribution in [3.63, 3.8) is 0 Å². The van der Waals surface area contributed by atoms with Crippen molar-refractivity contribution in [3.05, 3.63) is 89.7 Å². The molecule has 0 aliphatic carbocycles. The van der Waals surface area contributed by atoms with E-state index in [2.05, 4.69) is 10.0 Å². The van der Waals surface area contributed by atoms with E-state index in [1.807, 2.05) is 0 Å². The van der Waals surface area contributed by atoms with Gasteiger partial charge in [-0.2, -0.15) is 0 Å². The normalized spacial score (nSPS) is 10.9. The summed E-state index contributed by atoms with van der Waals surface area (Å²) in [4.78, 5) is 23.4. The zero-order chi connectivity index (χ0) is 21.0. The van der Waals surface area contributed by atoms with Gasteiger partial charge in [0.25, 0.3) is 15.9 Å². The van der Waals surface area contributed by atoms with Crippen LogP contribution in [0.4, 0.5) is 15.8 Å². The van der Waals surface area contributed by atoms with Crippen LogP contribution in [0.2, 0.25) is 0 Å². The first-order chi connectivity index (χ1) is 13.8. The summed E-state index contributed by atoms with van der Waals surface area (Å²) in [6, 6.07) is 15.7. The fraction of sp³-hybridized carbons (Fsp3) is 0. The Bertz CT molecular complexity index is 1160. The first-order valence-corrected chi connectivity index (χ1v) is 9.75. The number of nitrogens with one attached hydrogen (secondary N) is 2. The molecule has 3 aromatic rings. The zero-order valence-electron chi connectivity index (χ0n) is 14.8. The van der Waals surface area contributed by atoms with Gasteiger partial charge in [-0.15, -0.1) is 0 Å². The van der Waals surface area contributed by atoms with Crippen LogP contribution in [0.1, 0.15) is 20.7 Å². The molecule has 0 aromatic heterocycles. The summed E-state index contributed by atoms with van der Waals surface area (Å²) < 4.78 is 40.0. The summed E-state index contributed by atoms with van der Waals surface area (Å²) in [6.45, 7) is 0. The van der Waals surface area contributed by atoms with E-state index in [1.165, 1.54) is 60.7 Å². The first kappa shape index (κ1) is 20.0. The number of carbonyl (C=O) groups is 2. The minimum atomic E-state index is -3.91. The highest BCUT2D eigenvalue weighted by atomic mass is 32.2. The van der Waals surface area contributed by atoms with Crippen LogP contribution in [0.25, 0.3) is 0 Å². The molecule has 0 aliphatic heterocycles. The average molecular weight is 413 g/mol. The van der Waals surface area contributed by atoms with Crippen LogP contribution in [0, 0.1) is 5.82 Å². The lowest BCUT2D eigenvalue weighted by Gasteiger charge is -2.12. The van der Waals surface area contributed by atoms with E-state index < -0.39 is 27.7 Å². The number of anilines is 2. The summed E-state index contributed by atoms with van der Waals surface area (Å²) in [5.41, 5.74) is 0.126. The quantitative estimate of drug-likeness (QED) is 0.643. The molecule has 0 spiro atoms. The molecule has 7 nitrogen and oxygen atoms in total. The molecule has 0 unspecified atom stereocenters. The van der Waals surface area contributed by atoms with E-state index >= 15 is 0 Å². The lowest BCUT2D eigenvalue weighted by Crippen LogP contribution is -2.26. The Kier molecular flexibility index (Phi) is 5.60. The van der Waals surface area contributed by atoms with Gasteiger partial charge in [0.15, 0.2) is 0 Å². The molecule has 0 atom stereocenters. The number of hydrogen-bond acceptors (Lipinski definition) is 5. The molecule has 0 saturated carbocycles. The largest absolute Gasteiger partial charge is 0.545 e. The summed E-state index contributed by atoms with van der Waals surface area (Å²) in [5, 5.41) is 13.6. The number of amides is 1. The van der Waals surface area contributed by atoms with Gasteiger partial charge in [-0.05, 0) is 54.6 Å². The molecule has 0 radical (unpaired) electrons. The van der Waals surface area contributed by atoms with Crippen LogP contribution in [-0.2, 0) is 10.0 Å². The third kappa shape index (κ3) is 4.77. The number of hydrogen-bond donors (Lipinski definition) is 2. The molecule has 2 N–H and O–H groups in total. The van der Waals surface area contributed by atoms with Gasteiger partial charge < -0.3 is 15.2 Å². The highest BCUT2D eigenvalue weighted by molar-refractivity contribution is 7.92. The summed E-state index contributed by atoms with van der Waals surface area (Å²) in [5.74, 6) is -2.65. The van der Waals surface area contributed by atoms with Gasteiger partial charge in [0.2, 0.25) is 0 Å². The molecule has 9 heteroatoms. The van der Waals surface area contributed by atoms with Gasteiger partial charge in [-0.1, -0.05) is 18.2 Å². The van der Waals surface area contributed by atoms with Crippen molar-refractivity contribution in [2.45, 2.75) is 4.90 Å². The monoisotopic (exact) mass is 413 g/mol. The maximum atomic E-state index is 12.9. The highest BCUT2D eigenvalue weighted by Crippen LogP contribution is 2.19. The lowest BCUT2D eigenvalue weighted by atomic mass is 10.1. The second-order valence-electron chi connectivity index (χ2n) is 5.92. The van der Waals surface area contributed by atoms with Crippen LogP contribution in [0.5, 0.6) is 0 Å². The van der Waals surface area contributed by atoms with Gasteiger partial charge in [0.1, 0.15) is 5.82 Å². The number of benzene rings is 3. The van der Waals surface area contributed by atoms with E-state index in [-0.39, 0.29) is 27.4 Å². The van der Waals surface area contributed by atoms with Gasteiger partial charge in [0, 0.05) is 22.5 Å². The standard InChI is InChI=1S/C20H15FN2O5S/c21-13-5-7-15(8-6-13)23-29(27,28)16-11-9-14(10-12-16)22-19(24)17-3-1-2-4-18(17)20(25)26/h1-12,23H,(H,22,24)(H,25,26)/p-1. The van der Waals surface area contributed by atoms with Gasteiger partial charge in [-0.25, -0.2) is 12.8 Å². The molecule has 1 amide bonds. The van der Waals surface area contributed by atoms with Crippen molar-refractivity contribution in [1.29, 1.82) is 0 Å². The van der Waals surface area contributed by atoms with E-state index in [1.54, 1.807) is 0 Å². The van der Waals surface area contributed by atoms with Crippen molar-refractivity contribution in [2.24, 2.45) is 0 Å². The fourth-order valence-corrected chi connectivity index (χ4v) is 3.57. The molecule has 29 heavy (non-hydrogen) atoms. The number of carboxylic acids is 1. The van der Waals surface area contributed by atoms with E-state index in [4.69, 9.17) is 0 Å². The van der Waals surface area contributed by atoms with Crippen LogP contribution in [-0.4, -0.2) is 20.3 Å². The molecule has 0 bridgehead atoms. The Hall–Kier alpha value is -3.72. The number of aromatic carboxylic acids is 1. The molecule has 3 rings (SSSR count). The maximum Gasteiger partial charge on any atom is 0.261 e. The molecular formula is C20H14FN2O5S-. The van der Waals surface area contributed by atoms with Crippen molar-refractivity contribution >= 4 is 33.3 Å². The SMILES string of the molecule is O=C([O-])c1ccccc1C(=O)Nc1ccc(S(=O)(=O)Nc2ccc(F)cc2)cc1. The Balaban J connectivity index is 1.75. The molecule has 3 aromatic carbocycles. The highest BCUT2D eigenvalue weighted by Gasteiger charge is 2.15. The first-order valence-electron chi connectivity index (χ1n) is 8.26. The third-order valence-electron chi connectivity index (χ3n) is 3.91. The second kappa shape index (κ2) is 8.11. The Morgan fingerprint density at radius 1 is 0.793 bits per heavy atom. The van der Waals surface area contributed by atoms with Crippen LogP contribution in [0.3, 0.4) is 0 Å². The van der Waals surface area contributed by atoms with Crippen LogP contribution >= 0.6 is 0 Å².